The Bertz CT molecular complexity index is 454. The molecule has 0 spiro atoms. The largest absolute Gasteiger partial charge is 0.495 e. The van der Waals surface area contributed by atoms with E-state index >= 15 is 0 Å². The summed E-state index contributed by atoms with van der Waals surface area (Å²) in [6.07, 6.45) is -0.115. The lowest BCUT2D eigenvalue weighted by Gasteiger charge is -2.35. The van der Waals surface area contributed by atoms with Crippen LogP contribution in [0.5, 0.6) is 5.75 Å². The van der Waals surface area contributed by atoms with Crippen molar-refractivity contribution in [1.82, 2.24) is 0 Å². The number of morpholine rings is 1. The van der Waals surface area contributed by atoms with Gasteiger partial charge in [-0.15, -0.1) is 0 Å². The molecule has 0 amide bonds. The lowest BCUT2D eigenvalue weighted by atomic mass is 9.87. The first-order chi connectivity index (χ1) is 9.45. The number of benzene rings is 1. The Hall–Kier alpha value is -1.26. The Kier molecular flexibility index (Phi) is 4.55. The minimum absolute atomic E-state index is 0.0545. The van der Waals surface area contributed by atoms with Gasteiger partial charge in [-0.2, -0.15) is 0 Å². The molecule has 0 bridgehead atoms. The Morgan fingerprint density at radius 1 is 1.40 bits per heavy atom. The average Bonchev–Trinajstić information content (AvgIpc) is 2.45. The monoisotopic (exact) mass is 279 g/mol. The summed E-state index contributed by atoms with van der Waals surface area (Å²) in [5, 5.41) is 9.25. The zero-order valence-corrected chi connectivity index (χ0v) is 12.8. The highest BCUT2D eigenvalue weighted by atomic mass is 16.5. The van der Waals surface area contributed by atoms with Gasteiger partial charge in [0.15, 0.2) is 0 Å². The molecular formula is C16H25NO3. The highest BCUT2D eigenvalue weighted by Crippen LogP contribution is 2.34. The van der Waals surface area contributed by atoms with Gasteiger partial charge >= 0.3 is 0 Å². The second kappa shape index (κ2) is 6.02. The number of aliphatic hydroxyl groups excluding tert-OH is 1. The van der Waals surface area contributed by atoms with Crippen molar-refractivity contribution in [3.05, 3.63) is 23.8 Å². The Balaban J connectivity index is 2.27. The van der Waals surface area contributed by atoms with Crippen LogP contribution in [0.25, 0.3) is 0 Å². The van der Waals surface area contributed by atoms with E-state index in [4.69, 9.17) is 9.47 Å². The van der Waals surface area contributed by atoms with Gasteiger partial charge in [-0.1, -0.05) is 26.8 Å². The van der Waals surface area contributed by atoms with Gasteiger partial charge in [0.2, 0.25) is 0 Å². The van der Waals surface area contributed by atoms with Gasteiger partial charge < -0.3 is 19.5 Å². The molecule has 1 fully saturated rings. The van der Waals surface area contributed by atoms with Crippen molar-refractivity contribution in [2.45, 2.75) is 32.3 Å². The van der Waals surface area contributed by atoms with E-state index in [1.54, 1.807) is 7.11 Å². The Morgan fingerprint density at radius 3 is 2.75 bits per heavy atom. The molecule has 0 radical (unpaired) electrons. The molecule has 1 aliphatic rings. The fourth-order valence-corrected chi connectivity index (χ4v) is 2.45. The third-order valence-electron chi connectivity index (χ3n) is 3.73. The third-order valence-corrected chi connectivity index (χ3v) is 3.73. The molecule has 20 heavy (non-hydrogen) atoms. The molecule has 112 valence electrons. The topological polar surface area (TPSA) is 41.9 Å². The lowest BCUT2D eigenvalue weighted by molar-refractivity contribution is 0.00346. The lowest BCUT2D eigenvalue weighted by Crippen LogP contribution is -2.44. The molecule has 1 N–H and O–H groups in total. The minimum Gasteiger partial charge on any atom is -0.495 e. The summed E-state index contributed by atoms with van der Waals surface area (Å²) in [5.41, 5.74) is 2.43. The SMILES string of the molecule is COc1cc(C(C)(C)C)ccc1N1CCOC(CO)C1. The maximum absolute atomic E-state index is 9.25. The van der Waals surface area contributed by atoms with E-state index in [0.29, 0.717) is 13.2 Å². The van der Waals surface area contributed by atoms with E-state index in [1.165, 1.54) is 5.56 Å². The van der Waals surface area contributed by atoms with Gasteiger partial charge in [0.1, 0.15) is 5.75 Å². The minimum atomic E-state index is -0.115. The highest BCUT2D eigenvalue weighted by molar-refractivity contribution is 5.60. The second-order valence-corrected chi connectivity index (χ2v) is 6.26. The fourth-order valence-electron chi connectivity index (χ4n) is 2.45. The van der Waals surface area contributed by atoms with Gasteiger partial charge in [-0.05, 0) is 23.1 Å². The third kappa shape index (κ3) is 3.25. The first kappa shape index (κ1) is 15.1. The number of anilines is 1. The van der Waals surface area contributed by atoms with E-state index in [1.807, 2.05) is 0 Å². The highest BCUT2D eigenvalue weighted by Gasteiger charge is 2.23. The summed E-state index contributed by atoms with van der Waals surface area (Å²) < 4.78 is 11.1. The first-order valence-corrected chi connectivity index (χ1v) is 7.11. The first-order valence-electron chi connectivity index (χ1n) is 7.11. The van der Waals surface area contributed by atoms with Gasteiger partial charge in [0.05, 0.1) is 32.1 Å². The van der Waals surface area contributed by atoms with Gasteiger partial charge in [0.25, 0.3) is 0 Å². The van der Waals surface area contributed by atoms with Crippen LogP contribution in [0, 0.1) is 0 Å². The number of hydrogen-bond donors (Lipinski definition) is 1. The van der Waals surface area contributed by atoms with Crippen LogP contribution in [0.3, 0.4) is 0 Å². The summed E-state index contributed by atoms with van der Waals surface area (Å²) in [7, 11) is 1.70. The number of nitrogens with zero attached hydrogens (tertiary/aromatic N) is 1. The van der Waals surface area contributed by atoms with Crippen molar-refractivity contribution in [2.24, 2.45) is 0 Å². The Labute approximate surface area is 121 Å². The van der Waals surface area contributed by atoms with Crippen LogP contribution < -0.4 is 9.64 Å². The maximum atomic E-state index is 9.25. The van der Waals surface area contributed by atoms with Crippen LogP contribution in [0.4, 0.5) is 5.69 Å². The normalized spacial score (nSPS) is 20.1. The molecule has 1 heterocycles. The van der Waals surface area contributed by atoms with Gasteiger partial charge in [0, 0.05) is 13.1 Å². The van der Waals surface area contributed by atoms with Gasteiger partial charge in [-0.25, -0.2) is 0 Å². The maximum Gasteiger partial charge on any atom is 0.142 e. The van der Waals surface area contributed by atoms with Crippen LogP contribution in [-0.2, 0) is 10.2 Å². The van der Waals surface area contributed by atoms with Crippen LogP contribution in [0.15, 0.2) is 18.2 Å². The smallest absolute Gasteiger partial charge is 0.142 e. The molecule has 0 aliphatic carbocycles. The molecule has 0 saturated carbocycles. The molecule has 1 saturated heterocycles. The van der Waals surface area contributed by atoms with E-state index in [0.717, 1.165) is 18.0 Å². The molecule has 1 aromatic carbocycles. The number of hydrogen-bond acceptors (Lipinski definition) is 4. The molecule has 1 aliphatic heterocycles. The van der Waals surface area contributed by atoms with E-state index < -0.39 is 0 Å². The summed E-state index contributed by atoms with van der Waals surface area (Å²) in [6, 6.07) is 6.37. The molecular weight excluding hydrogens is 254 g/mol. The fraction of sp³-hybridized carbons (Fsp3) is 0.625. The standard InChI is InChI=1S/C16H25NO3/c1-16(2,3)12-5-6-14(15(9-12)19-4)17-7-8-20-13(10-17)11-18/h5-6,9,13,18H,7-8,10-11H2,1-4H3. The zero-order chi connectivity index (χ0) is 14.8. The van der Waals surface area contributed by atoms with Crippen LogP contribution >= 0.6 is 0 Å². The number of aliphatic hydroxyl groups is 1. The molecule has 4 nitrogen and oxygen atoms in total. The summed E-state index contributed by atoms with van der Waals surface area (Å²) in [5.74, 6) is 0.885. The van der Waals surface area contributed by atoms with E-state index in [-0.39, 0.29) is 18.1 Å². The summed E-state index contributed by atoms with van der Waals surface area (Å²) >= 11 is 0. The van der Waals surface area contributed by atoms with Crippen LogP contribution in [0.1, 0.15) is 26.3 Å². The van der Waals surface area contributed by atoms with Crippen molar-refractivity contribution in [3.63, 3.8) is 0 Å². The number of rotatable bonds is 3. The molecule has 1 unspecified atom stereocenters. The van der Waals surface area contributed by atoms with Gasteiger partial charge in [-0.3, -0.25) is 0 Å². The van der Waals surface area contributed by atoms with Crippen molar-refractivity contribution in [3.8, 4) is 5.75 Å². The molecule has 4 heteroatoms. The predicted octanol–water partition coefficient (Wildman–Crippen LogP) is 2.19. The quantitative estimate of drug-likeness (QED) is 0.921. The van der Waals surface area contributed by atoms with Crippen molar-refractivity contribution in [2.75, 3.05) is 38.3 Å². The predicted molar refractivity (Wildman–Crippen MR) is 80.7 cm³/mol. The van der Waals surface area contributed by atoms with Crippen molar-refractivity contribution < 1.29 is 14.6 Å². The van der Waals surface area contributed by atoms with Crippen molar-refractivity contribution in [1.29, 1.82) is 0 Å². The average molecular weight is 279 g/mol. The van der Waals surface area contributed by atoms with Crippen LogP contribution in [0.2, 0.25) is 0 Å². The van der Waals surface area contributed by atoms with Crippen molar-refractivity contribution >= 4 is 5.69 Å². The van der Waals surface area contributed by atoms with Crippen LogP contribution in [-0.4, -0.2) is 44.6 Å². The Morgan fingerprint density at radius 2 is 2.15 bits per heavy atom. The summed E-state index contributed by atoms with van der Waals surface area (Å²) in [4.78, 5) is 2.22. The number of methoxy groups -OCH3 is 1. The van der Waals surface area contributed by atoms with E-state index in [2.05, 4.69) is 43.9 Å². The van der Waals surface area contributed by atoms with E-state index in [9.17, 15) is 5.11 Å². The zero-order valence-electron chi connectivity index (χ0n) is 12.8. The number of ether oxygens (including phenoxy) is 2. The molecule has 1 aromatic rings. The molecule has 2 rings (SSSR count). The molecule has 1 atom stereocenters. The summed E-state index contributed by atoms with van der Waals surface area (Å²) in [6.45, 7) is 8.78. The molecule has 0 aromatic heterocycles. The second-order valence-electron chi connectivity index (χ2n) is 6.26.